The average molecular weight is 222 g/mol. The molecule has 1 saturated heterocycles. The van der Waals surface area contributed by atoms with E-state index in [1.807, 2.05) is 0 Å². The van der Waals surface area contributed by atoms with Gasteiger partial charge in [-0.1, -0.05) is 6.92 Å². The summed E-state index contributed by atoms with van der Waals surface area (Å²) in [6.45, 7) is 5.33. The maximum absolute atomic E-state index is 5.71. The lowest BCUT2D eigenvalue weighted by atomic mass is 10.2. The first-order chi connectivity index (χ1) is 7.78. The maximum atomic E-state index is 5.71. The van der Waals surface area contributed by atoms with E-state index < -0.39 is 0 Å². The predicted molar refractivity (Wildman–Crippen MR) is 65.4 cm³/mol. The molecule has 1 N–H and O–H groups in total. The van der Waals surface area contributed by atoms with Crippen LogP contribution in [0.3, 0.4) is 0 Å². The summed E-state index contributed by atoms with van der Waals surface area (Å²) in [5, 5.41) is 3.52. The molecule has 1 unspecified atom stereocenters. The van der Waals surface area contributed by atoms with Crippen LogP contribution >= 0.6 is 0 Å². The van der Waals surface area contributed by atoms with Gasteiger partial charge < -0.3 is 9.73 Å². The Balaban J connectivity index is 1.79. The van der Waals surface area contributed by atoms with Crippen LogP contribution in [-0.2, 0) is 13.0 Å². The fraction of sp³-hybridized carbons (Fsp3) is 0.692. The molecule has 1 aliphatic heterocycles. The van der Waals surface area contributed by atoms with Crippen molar-refractivity contribution in [1.82, 2.24) is 10.2 Å². The van der Waals surface area contributed by atoms with Crippen molar-refractivity contribution in [3.63, 3.8) is 0 Å². The van der Waals surface area contributed by atoms with Crippen molar-refractivity contribution in [3.05, 3.63) is 23.7 Å². The molecular formula is C13H22N2O. The summed E-state index contributed by atoms with van der Waals surface area (Å²) < 4.78 is 5.71. The van der Waals surface area contributed by atoms with Gasteiger partial charge in [0.25, 0.3) is 0 Å². The number of rotatable bonds is 5. The van der Waals surface area contributed by atoms with E-state index in [1.54, 1.807) is 0 Å². The molecule has 0 saturated carbocycles. The van der Waals surface area contributed by atoms with Crippen LogP contribution in [0.15, 0.2) is 16.5 Å². The highest BCUT2D eigenvalue weighted by molar-refractivity contribution is 5.06. The minimum atomic E-state index is 0.672. The van der Waals surface area contributed by atoms with E-state index in [2.05, 4.69) is 36.3 Å². The van der Waals surface area contributed by atoms with Crippen molar-refractivity contribution in [3.8, 4) is 0 Å². The Morgan fingerprint density at radius 1 is 1.44 bits per heavy atom. The summed E-state index contributed by atoms with van der Waals surface area (Å²) in [5.74, 6) is 2.17. The highest BCUT2D eigenvalue weighted by Gasteiger charge is 2.16. The van der Waals surface area contributed by atoms with Crippen LogP contribution in [0.5, 0.6) is 0 Å². The number of aryl methyl sites for hydroxylation is 1. The second-order valence-electron chi connectivity index (χ2n) is 4.71. The molecule has 3 nitrogen and oxygen atoms in total. The molecule has 1 aromatic heterocycles. The molecule has 0 aromatic carbocycles. The zero-order chi connectivity index (χ0) is 11.4. The normalized spacial score (nSPS) is 20.8. The molecule has 0 amide bonds. The Morgan fingerprint density at radius 2 is 2.25 bits per heavy atom. The summed E-state index contributed by atoms with van der Waals surface area (Å²) in [5.41, 5.74) is 0. The van der Waals surface area contributed by atoms with Gasteiger partial charge in [-0.25, -0.2) is 0 Å². The zero-order valence-electron chi connectivity index (χ0n) is 10.3. The molecule has 1 aliphatic rings. The van der Waals surface area contributed by atoms with Gasteiger partial charge in [-0.15, -0.1) is 0 Å². The van der Waals surface area contributed by atoms with E-state index in [-0.39, 0.29) is 0 Å². The fourth-order valence-electron chi connectivity index (χ4n) is 2.32. The molecule has 16 heavy (non-hydrogen) atoms. The Morgan fingerprint density at radius 3 is 2.88 bits per heavy atom. The maximum Gasteiger partial charge on any atom is 0.118 e. The second-order valence-corrected chi connectivity index (χ2v) is 4.71. The number of nitrogens with one attached hydrogen (secondary N) is 1. The number of hydrogen-bond acceptors (Lipinski definition) is 3. The highest BCUT2D eigenvalue weighted by Crippen LogP contribution is 2.12. The highest BCUT2D eigenvalue weighted by atomic mass is 16.3. The molecule has 0 bridgehead atoms. The minimum Gasteiger partial charge on any atom is -0.465 e. The van der Waals surface area contributed by atoms with Gasteiger partial charge in [0.05, 0.1) is 6.54 Å². The van der Waals surface area contributed by atoms with Crippen molar-refractivity contribution in [2.75, 3.05) is 20.1 Å². The smallest absolute Gasteiger partial charge is 0.118 e. The van der Waals surface area contributed by atoms with Crippen molar-refractivity contribution in [2.24, 2.45) is 0 Å². The van der Waals surface area contributed by atoms with E-state index in [0.717, 1.165) is 31.0 Å². The molecule has 0 spiro atoms. The molecular weight excluding hydrogens is 200 g/mol. The van der Waals surface area contributed by atoms with Gasteiger partial charge in [0, 0.05) is 19.0 Å². The largest absolute Gasteiger partial charge is 0.465 e. The average Bonchev–Trinajstić information content (AvgIpc) is 2.89. The van der Waals surface area contributed by atoms with Gasteiger partial charge in [-0.3, -0.25) is 4.90 Å². The lowest BCUT2D eigenvalue weighted by Gasteiger charge is -2.19. The van der Waals surface area contributed by atoms with Crippen molar-refractivity contribution in [2.45, 2.75) is 38.8 Å². The van der Waals surface area contributed by atoms with Gasteiger partial charge in [0.1, 0.15) is 11.5 Å². The van der Waals surface area contributed by atoms with Crippen LogP contribution in [0.1, 0.15) is 31.3 Å². The van der Waals surface area contributed by atoms with Crippen LogP contribution in [0.4, 0.5) is 0 Å². The summed E-state index contributed by atoms with van der Waals surface area (Å²) in [4.78, 5) is 2.33. The predicted octanol–water partition coefficient (Wildman–Crippen LogP) is 2.03. The summed E-state index contributed by atoms with van der Waals surface area (Å²) in [6.07, 6.45) is 3.61. The third kappa shape index (κ3) is 3.09. The quantitative estimate of drug-likeness (QED) is 0.826. The Bertz CT molecular complexity index is 315. The van der Waals surface area contributed by atoms with E-state index in [1.165, 1.54) is 19.4 Å². The van der Waals surface area contributed by atoms with E-state index in [4.69, 9.17) is 4.42 Å². The van der Waals surface area contributed by atoms with Crippen molar-refractivity contribution >= 4 is 0 Å². The lowest BCUT2D eigenvalue weighted by molar-refractivity contribution is 0.267. The Hall–Kier alpha value is -0.800. The number of furan rings is 1. The fourth-order valence-corrected chi connectivity index (χ4v) is 2.32. The van der Waals surface area contributed by atoms with Crippen molar-refractivity contribution in [1.29, 1.82) is 0 Å². The van der Waals surface area contributed by atoms with E-state index >= 15 is 0 Å². The first kappa shape index (κ1) is 11.7. The number of nitrogens with zero attached hydrogens (tertiary/aromatic N) is 1. The third-order valence-electron chi connectivity index (χ3n) is 3.19. The first-order valence-electron chi connectivity index (χ1n) is 6.27. The van der Waals surface area contributed by atoms with Crippen molar-refractivity contribution < 1.29 is 4.42 Å². The Kier molecular flexibility index (Phi) is 4.02. The molecule has 2 rings (SSSR count). The van der Waals surface area contributed by atoms with Gasteiger partial charge in [-0.05, 0) is 38.6 Å². The van der Waals surface area contributed by atoms with Gasteiger partial charge in [0.15, 0.2) is 0 Å². The van der Waals surface area contributed by atoms with Crippen LogP contribution in [0, 0.1) is 0 Å². The molecule has 0 aliphatic carbocycles. The van der Waals surface area contributed by atoms with E-state index in [0.29, 0.717) is 6.04 Å². The van der Waals surface area contributed by atoms with Crippen LogP contribution in [-0.4, -0.2) is 31.1 Å². The second kappa shape index (κ2) is 5.51. The molecule has 1 aromatic rings. The van der Waals surface area contributed by atoms with Gasteiger partial charge >= 0.3 is 0 Å². The van der Waals surface area contributed by atoms with Crippen LogP contribution in [0.25, 0.3) is 0 Å². The third-order valence-corrected chi connectivity index (χ3v) is 3.19. The molecule has 2 heterocycles. The Labute approximate surface area is 97.8 Å². The van der Waals surface area contributed by atoms with Gasteiger partial charge in [-0.2, -0.15) is 0 Å². The topological polar surface area (TPSA) is 28.4 Å². The molecule has 3 heteroatoms. The minimum absolute atomic E-state index is 0.672. The van der Waals surface area contributed by atoms with E-state index in [9.17, 15) is 0 Å². The monoisotopic (exact) mass is 222 g/mol. The summed E-state index contributed by atoms with van der Waals surface area (Å²) >= 11 is 0. The van der Waals surface area contributed by atoms with Gasteiger partial charge in [0.2, 0.25) is 0 Å². The number of hydrogen-bond donors (Lipinski definition) is 1. The number of likely N-dealkylation sites (N-methyl/N-ethyl adjacent to an activating group) is 1. The standard InChI is InChI=1S/C13H22N2O/c1-3-12-6-7-13(16-12)10-15(2)9-11-5-4-8-14-11/h6-7,11,14H,3-5,8-10H2,1-2H3. The molecule has 0 radical (unpaired) electrons. The van der Waals surface area contributed by atoms with Crippen LogP contribution < -0.4 is 5.32 Å². The summed E-state index contributed by atoms with van der Waals surface area (Å²) in [6, 6.07) is 4.85. The first-order valence-corrected chi connectivity index (χ1v) is 6.27. The molecule has 1 fully saturated rings. The zero-order valence-corrected chi connectivity index (χ0v) is 10.3. The SMILES string of the molecule is CCc1ccc(CN(C)CC2CCCN2)o1. The summed E-state index contributed by atoms with van der Waals surface area (Å²) in [7, 11) is 2.16. The molecule has 1 atom stereocenters. The molecule has 90 valence electrons. The lowest BCUT2D eigenvalue weighted by Crippen LogP contribution is -2.34. The van der Waals surface area contributed by atoms with Crippen LogP contribution in [0.2, 0.25) is 0 Å².